The van der Waals surface area contributed by atoms with E-state index in [1.54, 1.807) is 0 Å². The van der Waals surface area contributed by atoms with E-state index in [4.69, 9.17) is 14.0 Å². The molecular formula is C25H32BNO4. The maximum absolute atomic E-state index is 12.5. The molecule has 0 spiro atoms. The second-order valence-corrected chi connectivity index (χ2v) is 9.28. The molecule has 1 fully saturated rings. The fraction of sp³-hybridized carbons (Fsp3) is 0.480. The van der Waals surface area contributed by atoms with Crippen molar-refractivity contribution in [2.24, 2.45) is 0 Å². The molecule has 1 aromatic heterocycles. The molecule has 4 rings (SSSR count). The predicted octanol–water partition coefficient (Wildman–Crippen LogP) is 5.48. The van der Waals surface area contributed by atoms with Crippen LogP contribution in [0.5, 0.6) is 0 Å². The maximum Gasteiger partial charge on any atom is 0.466 e. The summed E-state index contributed by atoms with van der Waals surface area (Å²) in [5, 5.41) is 2.39. The van der Waals surface area contributed by atoms with Crippen LogP contribution in [-0.2, 0) is 25.4 Å². The lowest BCUT2D eigenvalue weighted by Crippen LogP contribution is -2.41. The number of benzene rings is 2. The Hall–Kier alpha value is -2.31. The zero-order chi connectivity index (χ0) is 22.4. The van der Waals surface area contributed by atoms with Gasteiger partial charge in [0.1, 0.15) is 0 Å². The van der Waals surface area contributed by atoms with Crippen molar-refractivity contribution in [3.63, 3.8) is 0 Å². The quantitative estimate of drug-likeness (QED) is 0.391. The largest absolute Gasteiger partial charge is 0.466 e. The van der Waals surface area contributed by atoms with Crippen LogP contribution in [0, 0.1) is 0 Å². The molecule has 1 aliphatic rings. The molecule has 1 unspecified atom stereocenters. The number of carbonyl (C=O) groups excluding carboxylic acids is 1. The summed E-state index contributed by atoms with van der Waals surface area (Å²) in [4.78, 5) is 12.5. The lowest BCUT2D eigenvalue weighted by Gasteiger charge is -2.32. The van der Waals surface area contributed by atoms with Crippen LogP contribution in [0.4, 0.5) is 0 Å². The zero-order valence-electron chi connectivity index (χ0n) is 19.4. The van der Waals surface area contributed by atoms with Gasteiger partial charge < -0.3 is 18.6 Å². The fourth-order valence-corrected chi connectivity index (χ4v) is 4.47. The molecule has 0 saturated carbocycles. The third-order valence-electron chi connectivity index (χ3n) is 6.83. The van der Waals surface area contributed by atoms with Crippen molar-refractivity contribution in [1.82, 2.24) is 4.57 Å². The molecule has 1 aliphatic heterocycles. The van der Waals surface area contributed by atoms with Gasteiger partial charge in [0.05, 0.1) is 24.2 Å². The van der Waals surface area contributed by atoms with E-state index >= 15 is 0 Å². The van der Waals surface area contributed by atoms with E-state index in [-0.39, 0.29) is 18.2 Å². The summed E-state index contributed by atoms with van der Waals surface area (Å²) in [6.07, 6.45) is 0.211. The Bertz CT molecular complexity index is 1100. The number of hydrogen-bond acceptors (Lipinski definition) is 4. The maximum atomic E-state index is 12.5. The molecule has 6 heteroatoms. The van der Waals surface area contributed by atoms with Crippen molar-refractivity contribution < 1.29 is 18.8 Å². The summed E-state index contributed by atoms with van der Waals surface area (Å²) >= 11 is 0. The number of carbonyl (C=O) groups is 1. The Balaban J connectivity index is 1.81. The summed E-state index contributed by atoms with van der Waals surface area (Å²) in [7, 11) is -0.522. The van der Waals surface area contributed by atoms with Crippen LogP contribution < -0.4 is 0 Å². The first-order chi connectivity index (χ1) is 14.7. The van der Waals surface area contributed by atoms with Crippen molar-refractivity contribution >= 4 is 34.9 Å². The van der Waals surface area contributed by atoms with Crippen LogP contribution in [0.2, 0.25) is 0 Å². The molecule has 0 N–H and O–H groups in total. The summed E-state index contributed by atoms with van der Waals surface area (Å²) in [6, 6.07) is 14.9. The average molecular weight is 421 g/mol. The smallest absolute Gasteiger partial charge is 0.466 e. The Morgan fingerprint density at radius 2 is 1.65 bits per heavy atom. The second-order valence-electron chi connectivity index (χ2n) is 9.28. The van der Waals surface area contributed by atoms with Gasteiger partial charge in [0.2, 0.25) is 0 Å². The first-order valence-corrected chi connectivity index (χ1v) is 11.2. The molecule has 0 amide bonds. The third kappa shape index (κ3) is 3.76. The zero-order valence-corrected chi connectivity index (χ0v) is 19.4. The number of rotatable bonds is 6. The summed E-state index contributed by atoms with van der Waals surface area (Å²) < 4.78 is 20.3. The Kier molecular flexibility index (Phi) is 5.65. The van der Waals surface area contributed by atoms with Gasteiger partial charge in [0.25, 0.3) is 0 Å². The monoisotopic (exact) mass is 421 g/mol. The molecule has 164 valence electrons. The number of aryl methyl sites for hydroxylation is 1. The molecule has 1 saturated heterocycles. The molecule has 3 aromatic rings. The summed E-state index contributed by atoms with van der Waals surface area (Å²) in [5.74, 6) is -0.494. The van der Waals surface area contributed by atoms with E-state index in [0.29, 0.717) is 6.61 Å². The molecule has 0 radical (unpaired) electrons. The third-order valence-corrected chi connectivity index (χ3v) is 6.83. The number of esters is 1. The van der Waals surface area contributed by atoms with Crippen molar-refractivity contribution in [3.05, 3.63) is 48.0 Å². The number of hydrogen-bond donors (Lipinski definition) is 0. The first-order valence-electron chi connectivity index (χ1n) is 11.2. The minimum Gasteiger partial charge on any atom is -0.466 e. The van der Waals surface area contributed by atoms with Gasteiger partial charge in [-0.05, 0) is 65.3 Å². The highest BCUT2D eigenvalue weighted by Gasteiger charge is 2.54. The van der Waals surface area contributed by atoms with Gasteiger partial charge in [0, 0.05) is 34.2 Å². The molecule has 31 heavy (non-hydrogen) atoms. The van der Waals surface area contributed by atoms with Gasteiger partial charge in [-0.25, -0.2) is 0 Å². The predicted molar refractivity (Wildman–Crippen MR) is 125 cm³/mol. The van der Waals surface area contributed by atoms with E-state index < -0.39 is 18.3 Å². The van der Waals surface area contributed by atoms with Crippen LogP contribution in [-0.4, -0.2) is 35.5 Å². The fourth-order valence-electron chi connectivity index (χ4n) is 4.47. The number of para-hydroxylation sites is 1. The molecule has 5 nitrogen and oxygen atoms in total. The Morgan fingerprint density at radius 3 is 2.29 bits per heavy atom. The number of nitrogens with zero attached hydrogens (tertiary/aromatic N) is 1. The van der Waals surface area contributed by atoms with Gasteiger partial charge in [-0.1, -0.05) is 24.3 Å². The lowest BCUT2D eigenvalue weighted by molar-refractivity contribution is -0.143. The van der Waals surface area contributed by atoms with Crippen molar-refractivity contribution in [2.75, 3.05) is 6.61 Å². The summed E-state index contributed by atoms with van der Waals surface area (Å²) in [5.41, 5.74) is 2.50. The Morgan fingerprint density at radius 1 is 1.00 bits per heavy atom. The van der Waals surface area contributed by atoms with E-state index in [0.717, 1.165) is 12.1 Å². The minimum atomic E-state index is -0.522. The van der Waals surface area contributed by atoms with Crippen LogP contribution in [0.3, 0.4) is 0 Å². The van der Waals surface area contributed by atoms with E-state index in [1.165, 1.54) is 21.8 Å². The normalized spacial score (nSPS) is 18.6. The lowest BCUT2D eigenvalue weighted by atomic mass is 9.66. The summed E-state index contributed by atoms with van der Waals surface area (Å²) in [6.45, 7) is 13.4. The number of ether oxygens (including phenoxy) is 1. The number of aromatic nitrogens is 1. The van der Waals surface area contributed by atoms with Crippen molar-refractivity contribution in [2.45, 2.75) is 71.5 Å². The Labute approximate surface area is 184 Å². The highest BCUT2D eigenvalue weighted by Crippen LogP contribution is 2.42. The molecular weight excluding hydrogens is 389 g/mol. The SMILES string of the molecule is CCOC(=O)CC(B1OC(C)(C)C(C)(C)O1)c1ccc2c(c1)c1ccccc1n2CC. The number of fused-ring (bicyclic) bond motifs is 3. The van der Waals surface area contributed by atoms with Gasteiger partial charge in [-0.2, -0.15) is 0 Å². The minimum absolute atomic E-state index is 0.211. The van der Waals surface area contributed by atoms with Crippen LogP contribution in [0.25, 0.3) is 21.8 Å². The highest BCUT2D eigenvalue weighted by atomic mass is 16.7. The van der Waals surface area contributed by atoms with Crippen molar-refractivity contribution in [1.29, 1.82) is 0 Å². The molecule has 0 aliphatic carbocycles. The van der Waals surface area contributed by atoms with E-state index in [1.807, 2.05) is 34.6 Å². The standard InChI is InChI=1S/C25H32BNO4/c1-7-27-21-12-10-9-11-18(21)19-15-17(13-14-22(19)27)20(16-23(28)29-8-2)26-30-24(3,4)25(5,6)31-26/h9-15,20H,7-8,16H2,1-6H3. The average Bonchev–Trinajstić information content (AvgIpc) is 3.15. The van der Waals surface area contributed by atoms with Gasteiger partial charge in [-0.15, -0.1) is 0 Å². The van der Waals surface area contributed by atoms with Gasteiger partial charge >= 0.3 is 13.1 Å². The first kappa shape index (κ1) is 21.9. The van der Waals surface area contributed by atoms with Gasteiger partial charge in [0.15, 0.2) is 0 Å². The topological polar surface area (TPSA) is 49.7 Å². The highest BCUT2D eigenvalue weighted by molar-refractivity contribution is 6.48. The van der Waals surface area contributed by atoms with Crippen LogP contribution in [0.1, 0.15) is 59.3 Å². The molecule has 0 bridgehead atoms. The molecule has 2 heterocycles. The van der Waals surface area contributed by atoms with E-state index in [9.17, 15) is 4.79 Å². The van der Waals surface area contributed by atoms with Crippen LogP contribution in [0.15, 0.2) is 42.5 Å². The van der Waals surface area contributed by atoms with Crippen LogP contribution >= 0.6 is 0 Å². The molecule has 2 aromatic carbocycles. The van der Waals surface area contributed by atoms with Gasteiger partial charge in [-0.3, -0.25) is 4.79 Å². The second kappa shape index (κ2) is 7.99. The van der Waals surface area contributed by atoms with E-state index in [2.05, 4.69) is 54.0 Å². The van der Waals surface area contributed by atoms with Crippen molar-refractivity contribution in [3.8, 4) is 0 Å². The molecule has 1 atom stereocenters.